The summed E-state index contributed by atoms with van der Waals surface area (Å²) in [5.41, 5.74) is 0. The van der Waals surface area contributed by atoms with E-state index < -0.39 is 0 Å². The van der Waals surface area contributed by atoms with E-state index in [9.17, 15) is 5.11 Å². The average molecular weight is 214 g/mol. The van der Waals surface area contributed by atoms with E-state index in [1.54, 1.807) is 0 Å². The topological polar surface area (TPSA) is 35.5 Å². The molecule has 0 radical (unpaired) electrons. The van der Waals surface area contributed by atoms with Crippen molar-refractivity contribution in [3.8, 4) is 0 Å². The van der Waals surface area contributed by atoms with Crippen molar-refractivity contribution in [2.24, 2.45) is 0 Å². The minimum Gasteiger partial charge on any atom is -0.395 e. The van der Waals surface area contributed by atoms with Crippen molar-refractivity contribution < 1.29 is 5.11 Å². The number of rotatable bonds is 8. The van der Waals surface area contributed by atoms with Gasteiger partial charge in [0.25, 0.3) is 0 Å². The number of hydrogen-bond acceptors (Lipinski definition) is 3. The molecule has 1 aliphatic carbocycles. The van der Waals surface area contributed by atoms with Gasteiger partial charge < -0.3 is 10.4 Å². The van der Waals surface area contributed by atoms with Gasteiger partial charge in [0.1, 0.15) is 0 Å². The van der Waals surface area contributed by atoms with Gasteiger partial charge in [0.2, 0.25) is 0 Å². The lowest BCUT2D eigenvalue weighted by atomic mass is 10.2. The Hall–Kier alpha value is -0.120. The van der Waals surface area contributed by atoms with Crippen molar-refractivity contribution in [1.82, 2.24) is 10.2 Å². The van der Waals surface area contributed by atoms with Crippen LogP contribution in [-0.4, -0.2) is 47.8 Å². The quantitative estimate of drug-likeness (QED) is 0.638. The van der Waals surface area contributed by atoms with E-state index >= 15 is 0 Å². The molecule has 1 atom stereocenters. The second kappa shape index (κ2) is 6.46. The smallest absolute Gasteiger partial charge is 0.0597 e. The lowest BCUT2D eigenvalue weighted by Gasteiger charge is -2.28. The first-order valence-corrected chi connectivity index (χ1v) is 6.28. The molecule has 15 heavy (non-hydrogen) atoms. The molecule has 0 heterocycles. The third-order valence-electron chi connectivity index (χ3n) is 2.82. The molecule has 1 rings (SSSR count). The van der Waals surface area contributed by atoms with E-state index in [-0.39, 0.29) is 12.6 Å². The normalized spacial score (nSPS) is 18.8. The Morgan fingerprint density at radius 1 is 1.40 bits per heavy atom. The fourth-order valence-electron chi connectivity index (χ4n) is 2.07. The monoisotopic (exact) mass is 214 g/mol. The number of aliphatic hydroxyl groups is 1. The first-order valence-electron chi connectivity index (χ1n) is 6.28. The van der Waals surface area contributed by atoms with E-state index in [4.69, 9.17) is 0 Å². The van der Waals surface area contributed by atoms with Gasteiger partial charge in [-0.3, -0.25) is 4.90 Å². The number of aliphatic hydroxyl groups excluding tert-OH is 1. The molecule has 0 aromatic heterocycles. The second-order valence-electron chi connectivity index (χ2n) is 4.93. The number of hydrogen-bond donors (Lipinski definition) is 2. The summed E-state index contributed by atoms with van der Waals surface area (Å²) in [5.74, 6) is 0. The third-order valence-corrected chi connectivity index (χ3v) is 2.82. The van der Waals surface area contributed by atoms with Crippen molar-refractivity contribution in [2.45, 2.75) is 58.2 Å². The lowest BCUT2D eigenvalue weighted by molar-refractivity contribution is 0.170. The summed E-state index contributed by atoms with van der Waals surface area (Å²) in [6.45, 7) is 8.88. The second-order valence-corrected chi connectivity index (χ2v) is 4.93. The highest BCUT2D eigenvalue weighted by Gasteiger charge is 2.29. The van der Waals surface area contributed by atoms with Gasteiger partial charge in [-0.1, -0.05) is 20.8 Å². The van der Waals surface area contributed by atoms with Gasteiger partial charge in [0.05, 0.1) is 6.61 Å². The van der Waals surface area contributed by atoms with Crippen LogP contribution in [0.2, 0.25) is 0 Å². The van der Waals surface area contributed by atoms with Crippen LogP contribution in [0.1, 0.15) is 40.0 Å². The van der Waals surface area contributed by atoms with Gasteiger partial charge >= 0.3 is 0 Å². The Morgan fingerprint density at radius 3 is 2.47 bits per heavy atom. The highest BCUT2D eigenvalue weighted by atomic mass is 16.3. The standard InChI is InChI=1S/C12H26N2O/c1-4-7-14(12-5-6-12)8-11(9-15)13-10(2)3/h10-13,15H,4-9H2,1-3H3. The summed E-state index contributed by atoms with van der Waals surface area (Å²) in [5, 5.41) is 12.7. The molecule has 0 aromatic carbocycles. The summed E-state index contributed by atoms with van der Waals surface area (Å²) in [7, 11) is 0. The van der Waals surface area contributed by atoms with Crippen molar-refractivity contribution in [3.05, 3.63) is 0 Å². The van der Waals surface area contributed by atoms with Gasteiger partial charge in [-0.25, -0.2) is 0 Å². The fraction of sp³-hybridized carbons (Fsp3) is 1.00. The van der Waals surface area contributed by atoms with Crippen LogP contribution in [-0.2, 0) is 0 Å². The van der Waals surface area contributed by atoms with Crippen molar-refractivity contribution >= 4 is 0 Å². The highest BCUT2D eigenvalue weighted by Crippen LogP contribution is 2.26. The van der Waals surface area contributed by atoms with Gasteiger partial charge in [-0.2, -0.15) is 0 Å². The molecular weight excluding hydrogens is 188 g/mol. The van der Waals surface area contributed by atoms with E-state index in [1.807, 2.05) is 0 Å². The van der Waals surface area contributed by atoms with Crippen LogP contribution in [0.5, 0.6) is 0 Å². The maximum Gasteiger partial charge on any atom is 0.0597 e. The van der Waals surface area contributed by atoms with E-state index in [1.165, 1.54) is 25.8 Å². The molecule has 0 saturated heterocycles. The SMILES string of the molecule is CCCN(CC(CO)NC(C)C)C1CC1. The summed E-state index contributed by atoms with van der Waals surface area (Å²) < 4.78 is 0. The van der Waals surface area contributed by atoms with Crippen LogP contribution in [0.25, 0.3) is 0 Å². The Kier molecular flexibility index (Phi) is 5.58. The molecule has 1 fully saturated rings. The maximum atomic E-state index is 9.31. The zero-order valence-corrected chi connectivity index (χ0v) is 10.4. The highest BCUT2D eigenvalue weighted by molar-refractivity contribution is 4.87. The third kappa shape index (κ3) is 4.96. The van der Waals surface area contributed by atoms with Crippen molar-refractivity contribution in [2.75, 3.05) is 19.7 Å². The maximum absolute atomic E-state index is 9.31. The largest absolute Gasteiger partial charge is 0.395 e. The van der Waals surface area contributed by atoms with Crippen LogP contribution in [0.3, 0.4) is 0 Å². The lowest BCUT2D eigenvalue weighted by Crippen LogP contribution is -2.46. The Bertz CT molecular complexity index is 169. The van der Waals surface area contributed by atoms with E-state index in [0.717, 1.165) is 12.6 Å². The van der Waals surface area contributed by atoms with Gasteiger partial charge in [-0.15, -0.1) is 0 Å². The minimum absolute atomic E-state index is 0.233. The van der Waals surface area contributed by atoms with E-state index in [2.05, 4.69) is 31.0 Å². The molecule has 0 aliphatic heterocycles. The van der Waals surface area contributed by atoms with Crippen molar-refractivity contribution in [3.63, 3.8) is 0 Å². The molecule has 0 spiro atoms. The molecule has 3 nitrogen and oxygen atoms in total. The fourth-order valence-corrected chi connectivity index (χ4v) is 2.07. The zero-order valence-electron chi connectivity index (χ0n) is 10.4. The Balaban J connectivity index is 2.32. The average Bonchev–Trinajstić information content (AvgIpc) is 2.98. The molecule has 1 unspecified atom stereocenters. The van der Waals surface area contributed by atoms with Crippen LogP contribution < -0.4 is 5.32 Å². The summed E-state index contributed by atoms with van der Waals surface area (Å²) in [6.07, 6.45) is 3.90. The molecule has 1 saturated carbocycles. The molecule has 0 bridgehead atoms. The first-order chi connectivity index (χ1) is 7.17. The molecule has 3 heteroatoms. The predicted molar refractivity (Wildman–Crippen MR) is 64.0 cm³/mol. The molecule has 1 aliphatic rings. The number of nitrogens with zero attached hydrogens (tertiary/aromatic N) is 1. The molecule has 0 amide bonds. The Morgan fingerprint density at radius 2 is 2.07 bits per heavy atom. The van der Waals surface area contributed by atoms with Gasteiger partial charge in [0.15, 0.2) is 0 Å². The van der Waals surface area contributed by atoms with Crippen LogP contribution >= 0.6 is 0 Å². The Labute approximate surface area is 93.9 Å². The van der Waals surface area contributed by atoms with E-state index in [0.29, 0.717) is 6.04 Å². The molecule has 0 aromatic rings. The summed E-state index contributed by atoms with van der Waals surface area (Å²) in [6, 6.07) is 1.48. The van der Waals surface area contributed by atoms with Crippen LogP contribution in [0.15, 0.2) is 0 Å². The summed E-state index contributed by atoms with van der Waals surface area (Å²) in [4.78, 5) is 2.52. The molecular formula is C12H26N2O. The van der Waals surface area contributed by atoms with Crippen LogP contribution in [0, 0.1) is 0 Å². The van der Waals surface area contributed by atoms with Gasteiger partial charge in [-0.05, 0) is 25.8 Å². The zero-order chi connectivity index (χ0) is 11.3. The first kappa shape index (κ1) is 12.9. The van der Waals surface area contributed by atoms with Crippen molar-refractivity contribution in [1.29, 1.82) is 0 Å². The van der Waals surface area contributed by atoms with Crippen LogP contribution in [0.4, 0.5) is 0 Å². The van der Waals surface area contributed by atoms with Gasteiger partial charge in [0, 0.05) is 24.7 Å². The molecule has 2 N–H and O–H groups in total. The predicted octanol–water partition coefficient (Wildman–Crippen LogP) is 1.22. The molecule has 90 valence electrons. The number of nitrogens with one attached hydrogen (secondary N) is 1. The minimum atomic E-state index is 0.233. The summed E-state index contributed by atoms with van der Waals surface area (Å²) >= 11 is 0.